The lowest BCUT2D eigenvalue weighted by atomic mass is 9.97. The van der Waals surface area contributed by atoms with E-state index < -0.39 is 0 Å². The molecule has 180 valence electrons. The number of nitrogens with zero attached hydrogens (tertiary/aromatic N) is 3. The molecular weight excluding hydrogens is 426 g/mol. The van der Waals surface area contributed by atoms with Crippen LogP contribution in [0.2, 0.25) is 0 Å². The van der Waals surface area contributed by atoms with Gasteiger partial charge in [0.2, 0.25) is 0 Å². The van der Waals surface area contributed by atoms with Gasteiger partial charge in [-0.2, -0.15) is 0 Å². The fourth-order valence-corrected chi connectivity index (χ4v) is 5.55. The minimum Gasteiger partial charge on any atom is -0.354 e. The molecule has 1 aromatic carbocycles. The van der Waals surface area contributed by atoms with Crippen molar-refractivity contribution in [1.82, 2.24) is 15.2 Å². The van der Waals surface area contributed by atoms with Gasteiger partial charge in [0.05, 0.1) is 5.52 Å². The molecule has 6 heteroatoms. The van der Waals surface area contributed by atoms with Gasteiger partial charge in [0.1, 0.15) is 5.82 Å². The quantitative estimate of drug-likeness (QED) is 0.405. The first-order valence-corrected chi connectivity index (χ1v) is 13.3. The summed E-state index contributed by atoms with van der Waals surface area (Å²) in [7, 11) is 0. The molecule has 2 aliphatic heterocycles. The number of hydrogen-bond acceptors (Lipinski definition) is 6. The summed E-state index contributed by atoms with van der Waals surface area (Å²) in [6.45, 7) is 11.1. The van der Waals surface area contributed by atoms with Crippen molar-refractivity contribution in [1.29, 1.82) is 0 Å². The topological polar surface area (TPSA) is 57.4 Å². The second-order valence-electron chi connectivity index (χ2n) is 9.94. The van der Waals surface area contributed by atoms with E-state index in [0.717, 1.165) is 80.5 Å². The first kappa shape index (κ1) is 24.5. The maximum absolute atomic E-state index is 5.65. The highest BCUT2D eigenvalue weighted by Gasteiger charge is 2.22. The summed E-state index contributed by atoms with van der Waals surface area (Å²) in [4.78, 5) is 11.3. The number of piperidine rings is 1. The van der Waals surface area contributed by atoms with Crippen molar-refractivity contribution in [3.05, 3.63) is 35.4 Å². The molecule has 2 aliphatic rings. The predicted octanol–water partition coefficient (Wildman–Crippen LogP) is 4.10. The highest BCUT2D eigenvalue weighted by Crippen LogP contribution is 2.25. The summed E-state index contributed by atoms with van der Waals surface area (Å²) in [6.07, 6.45) is 7.98. The largest absolute Gasteiger partial charge is 0.354 e. The molecule has 2 saturated heterocycles. The lowest BCUT2D eigenvalue weighted by Gasteiger charge is -2.38. The highest BCUT2D eigenvalue weighted by molar-refractivity contribution is 7.80. The minimum atomic E-state index is 0.778. The number of pyridine rings is 1. The van der Waals surface area contributed by atoms with Gasteiger partial charge < -0.3 is 16.0 Å². The van der Waals surface area contributed by atoms with Gasteiger partial charge in [0.25, 0.3) is 0 Å². The van der Waals surface area contributed by atoms with Gasteiger partial charge in [0, 0.05) is 44.5 Å². The Hall–Kier alpha value is -1.60. The van der Waals surface area contributed by atoms with E-state index in [4.69, 9.17) is 22.9 Å². The van der Waals surface area contributed by atoms with E-state index in [1.807, 2.05) is 0 Å². The zero-order valence-corrected chi connectivity index (χ0v) is 21.1. The van der Waals surface area contributed by atoms with Crippen LogP contribution in [0.4, 0.5) is 5.82 Å². The first-order valence-electron chi connectivity index (χ1n) is 12.9. The Morgan fingerprint density at radius 2 is 1.88 bits per heavy atom. The third kappa shape index (κ3) is 6.95. The Morgan fingerprint density at radius 3 is 2.64 bits per heavy atom. The van der Waals surface area contributed by atoms with Crippen molar-refractivity contribution >= 4 is 33.8 Å². The van der Waals surface area contributed by atoms with Crippen molar-refractivity contribution < 1.29 is 0 Å². The molecule has 0 unspecified atom stereocenters. The summed E-state index contributed by atoms with van der Waals surface area (Å²) in [5, 5.41) is 4.74. The molecular formula is C27H41N5S. The van der Waals surface area contributed by atoms with Crippen LogP contribution in [0.5, 0.6) is 0 Å². The molecule has 3 N–H and O–H groups in total. The van der Waals surface area contributed by atoms with Gasteiger partial charge in [0.15, 0.2) is 0 Å². The van der Waals surface area contributed by atoms with Crippen molar-refractivity contribution in [2.45, 2.75) is 51.9 Å². The van der Waals surface area contributed by atoms with Crippen molar-refractivity contribution in [2.24, 2.45) is 11.7 Å². The Bertz CT molecular complexity index is 916. The van der Waals surface area contributed by atoms with Crippen LogP contribution >= 0.6 is 12.2 Å². The third-order valence-electron chi connectivity index (χ3n) is 7.30. The summed E-state index contributed by atoms with van der Waals surface area (Å²) in [5.41, 5.74) is 9.30. The molecule has 0 aliphatic carbocycles. The van der Waals surface area contributed by atoms with E-state index in [9.17, 15) is 0 Å². The zero-order chi connectivity index (χ0) is 23.0. The molecule has 0 radical (unpaired) electrons. The third-order valence-corrected chi connectivity index (χ3v) is 7.65. The van der Waals surface area contributed by atoms with Gasteiger partial charge in [-0.3, -0.25) is 4.90 Å². The summed E-state index contributed by atoms with van der Waals surface area (Å²) in [6, 6.07) is 8.97. The molecule has 2 fully saturated rings. The number of aryl methyl sites for hydroxylation is 1. The maximum Gasteiger partial charge on any atom is 0.129 e. The molecule has 2 aromatic rings. The molecule has 33 heavy (non-hydrogen) atoms. The van der Waals surface area contributed by atoms with Crippen LogP contribution in [0.3, 0.4) is 0 Å². The Morgan fingerprint density at radius 1 is 1.09 bits per heavy atom. The van der Waals surface area contributed by atoms with E-state index in [1.165, 1.54) is 55.4 Å². The first-order chi connectivity index (χ1) is 16.1. The van der Waals surface area contributed by atoms with Crippen LogP contribution in [-0.2, 0) is 6.42 Å². The van der Waals surface area contributed by atoms with Crippen LogP contribution in [0.15, 0.2) is 24.3 Å². The maximum atomic E-state index is 5.65. The predicted molar refractivity (Wildman–Crippen MR) is 145 cm³/mol. The number of nitrogens with one attached hydrogen (secondary N) is 1. The monoisotopic (exact) mass is 467 g/mol. The highest BCUT2D eigenvalue weighted by atomic mass is 32.1. The summed E-state index contributed by atoms with van der Waals surface area (Å²) in [5.74, 6) is 2.00. The number of thiocarbonyl (C=S) groups is 1. The van der Waals surface area contributed by atoms with Gasteiger partial charge in [-0.05, 0) is 98.8 Å². The smallest absolute Gasteiger partial charge is 0.129 e. The number of nitrogens with two attached hydrogens (primary N) is 1. The average Bonchev–Trinajstić information content (AvgIpc) is 2.83. The van der Waals surface area contributed by atoms with Crippen LogP contribution in [0, 0.1) is 12.8 Å². The molecule has 0 saturated carbocycles. The fraction of sp³-hybridized carbons (Fsp3) is 0.630. The molecule has 5 nitrogen and oxygen atoms in total. The molecule has 0 atom stereocenters. The summed E-state index contributed by atoms with van der Waals surface area (Å²) < 4.78 is 0. The van der Waals surface area contributed by atoms with Crippen LogP contribution in [0.1, 0.15) is 49.7 Å². The summed E-state index contributed by atoms with van der Waals surface area (Å²) >= 11 is 5.65. The number of unbranched alkanes of at least 4 members (excludes halogenated alkanes) is 2. The number of anilines is 1. The standard InChI is InChI=1S/C27H41N5S/c1-21-17-27(32-15-13-31(14-16-32)20-22-8-11-29-12-9-22)30-26-7-6-23(19-25(21)26)18-24(33)5-3-2-4-10-28/h6-7,17,19,22,29H,2-5,8-16,18,20,28H2,1H3. The van der Waals surface area contributed by atoms with Gasteiger partial charge >= 0.3 is 0 Å². The number of rotatable bonds is 10. The van der Waals surface area contributed by atoms with E-state index in [1.54, 1.807) is 0 Å². The number of fused-ring (bicyclic) bond motifs is 1. The Kier molecular flexibility index (Phi) is 9.07. The zero-order valence-electron chi connectivity index (χ0n) is 20.3. The van der Waals surface area contributed by atoms with Crippen molar-refractivity contribution in [3.63, 3.8) is 0 Å². The van der Waals surface area contributed by atoms with E-state index in [2.05, 4.69) is 46.3 Å². The van der Waals surface area contributed by atoms with Gasteiger partial charge in [-0.25, -0.2) is 4.98 Å². The normalized spacial score (nSPS) is 18.2. The SMILES string of the molecule is Cc1cc(N2CCN(CC3CCNCC3)CC2)nc2ccc(CC(=S)CCCCCN)cc12. The second kappa shape index (κ2) is 12.2. The fourth-order valence-electron chi connectivity index (χ4n) is 5.24. The van der Waals surface area contributed by atoms with Crippen LogP contribution in [-0.4, -0.2) is 67.1 Å². The lowest BCUT2D eigenvalue weighted by molar-refractivity contribution is 0.196. The second-order valence-corrected chi connectivity index (χ2v) is 10.5. The number of aromatic nitrogens is 1. The number of hydrogen-bond donors (Lipinski definition) is 2. The van der Waals surface area contributed by atoms with Crippen LogP contribution < -0.4 is 16.0 Å². The number of piperazine rings is 1. The van der Waals surface area contributed by atoms with Crippen molar-refractivity contribution in [2.75, 3.05) is 57.3 Å². The van der Waals surface area contributed by atoms with E-state index >= 15 is 0 Å². The van der Waals surface area contributed by atoms with Crippen LogP contribution in [0.25, 0.3) is 10.9 Å². The lowest BCUT2D eigenvalue weighted by Crippen LogP contribution is -2.48. The van der Waals surface area contributed by atoms with E-state index in [0.29, 0.717) is 0 Å². The van der Waals surface area contributed by atoms with Gasteiger partial charge in [-0.1, -0.05) is 24.7 Å². The molecule has 0 amide bonds. The van der Waals surface area contributed by atoms with E-state index in [-0.39, 0.29) is 0 Å². The minimum absolute atomic E-state index is 0.778. The van der Waals surface area contributed by atoms with Crippen molar-refractivity contribution in [3.8, 4) is 0 Å². The number of benzene rings is 1. The molecule has 1 aromatic heterocycles. The molecule has 3 heterocycles. The Balaban J connectivity index is 1.34. The Labute approximate surface area is 205 Å². The molecule has 0 bridgehead atoms. The molecule has 4 rings (SSSR count). The van der Waals surface area contributed by atoms with Gasteiger partial charge in [-0.15, -0.1) is 0 Å². The molecule has 0 spiro atoms. The average molecular weight is 468 g/mol.